The van der Waals surface area contributed by atoms with Crippen molar-refractivity contribution in [2.45, 2.75) is 32.4 Å². The SMILES string of the molecule is CC[C@@H](CO)NC(=O)c1csc(C(C)N)n1. The summed E-state index contributed by atoms with van der Waals surface area (Å²) in [6.07, 6.45) is 0.687. The highest BCUT2D eigenvalue weighted by molar-refractivity contribution is 7.09. The number of aromatic nitrogens is 1. The van der Waals surface area contributed by atoms with Gasteiger partial charge in [0.2, 0.25) is 0 Å². The van der Waals surface area contributed by atoms with E-state index in [9.17, 15) is 4.79 Å². The van der Waals surface area contributed by atoms with Crippen LogP contribution in [0.15, 0.2) is 5.38 Å². The van der Waals surface area contributed by atoms with Crippen LogP contribution in [-0.2, 0) is 0 Å². The number of thiazole rings is 1. The fraction of sp³-hybridized carbons (Fsp3) is 0.600. The molecule has 0 fully saturated rings. The van der Waals surface area contributed by atoms with E-state index in [-0.39, 0.29) is 24.6 Å². The Morgan fingerprint density at radius 2 is 2.44 bits per heavy atom. The Labute approximate surface area is 98.7 Å². The minimum Gasteiger partial charge on any atom is -0.394 e. The summed E-state index contributed by atoms with van der Waals surface area (Å²) >= 11 is 1.37. The highest BCUT2D eigenvalue weighted by Gasteiger charge is 2.15. The summed E-state index contributed by atoms with van der Waals surface area (Å²) in [5.41, 5.74) is 6.02. The number of rotatable bonds is 5. The van der Waals surface area contributed by atoms with Crippen molar-refractivity contribution in [1.29, 1.82) is 0 Å². The highest BCUT2D eigenvalue weighted by atomic mass is 32.1. The van der Waals surface area contributed by atoms with E-state index in [0.717, 1.165) is 5.01 Å². The van der Waals surface area contributed by atoms with Gasteiger partial charge in [-0.15, -0.1) is 11.3 Å². The molecule has 90 valence electrons. The molecule has 0 aromatic carbocycles. The standard InChI is InChI=1S/C10H17N3O2S/c1-3-7(4-14)12-9(15)8-5-16-10(13-8)6(2)11/h5-7,14H,3-4,11H2,1-2H3,(H,12,15)/t6?,7-/m0/s1. The smallest absolute Gasteiger partial charge is 0.271 e. The number of nitrogens with zero attached hydrogens (tertiary/aromatic N) is 1. The third kappa shape index (κ3) is 3.26. The molecule has 0 saturated carbocycles. The van der Waals surface area contributed by atoms with Gasteiger partial charge in [-0.05, 0) is 13.3 Å². The molecule has 5 nitrogen and oxygen atoms in total. The molecule has 16 heavy (non-hydrogen) atoms. The van der Waals surface area contributed by atoms with Gasteiger partial charge in [0.05, 0.1) is 18.7 Å². The number of nitrogens with two attached hydrogens (primary N) is 1. The third-order valence-electron chi connectivity index (χ3n) is 2.19. The molecule has 1 aromatic heterocycles. The average molecular weight is 243 g/mol. The lowest BCUT2D eigenvalue weighted by Gasteiger charge is -2.12. The summed E-state index contributed by atoms with van der Waals surface area (Å²) in [5, 5.41) is 14.1. The highest BCUT2D eigenvalue weighted by Crippen LogP contribution is 2.15. The van der Waals surface area contributed by atoms with Crippen molar-refractivity contribution >= 4 is 17.2 Å². The van der Waals surface area contributed by atoms with Crippen molar-refractivity contribution in [3.05, 3.63) is 16.1 Å². The molecule has 1 rings (SSSR count). The van der Waals surface area contributed by atoms with E-state index >= 15 is 0 Å². The molecule has 0 spiro atoms. The zero-order valence-electron chi connectivity index (χ0n) is 9.43. The summed E-state index contributed by atoms with van der Waals surface area (Å²) in [5.74, 6) is -0.260. The van der Waals surface area contributed by atoms with Crippen molar-refractivity contribution in [3.63, 3.8) is 0 Å². The predicted molar refractivity (Wildman–Crippen MR) is 63.3 cm³/mol. The molecular weight excluding hydrogens is 226 g/mol. The van der Waals surface area contributed by atoms with E-state index in [1.165, 1.54) is 11.3 Å². The predicted octanol–water partition coefficient (Wildman–Crippen LogP) is 0.664. The number of carbonyl (C=O) groups is 1. The number of nitrogens with one attached hydrogen (secondary N) is 1. The minimum atomic E-state index is -0.260. The largest absolute Gasteiger partial charge is 0.394 e. The molecule has 4 N–H and O–H groups in total. The number of amides is 1. The number of hydrogen-bond donors (Lipinski definition) is 3. The lowest BCUT2D eigenvalue weighted by Crippen LogP contribution is -2.37. The lowest BCUT2D eigenvalue weighted by molar-refractivity contribution is 0.0910. The summed E-state index contributed by atoms with van der Waals surface area (Å²) in [7, 11) is 0. The summed E-state index contributed by atoms with van der Waals surface area (Å²) in [6, 6.07) is -0.376. The maximum Gasteiger partial charge on any atom is 0.271 e. The van der Waals surface area contributed by atoms with Crippen LogP contribution in [0.4, 0.5) is 0 Å². The van der Waals surface area contributed by atoms with E-state index in [0.29, 0.717) is 12.1 Å². The molecule has 0 aliphatic heterocycles. The summed E-state index contributed by atoms with van der Waals surface area (Å²) in [4.78, 5) is 15.8. The number of hydrogen-bond acceptors (Lipinski definition) is 5. The van der Waals surface area contributed by atoms with Gasteiger partial charge in [0.25, 0.3) is 5.91 Å². The Morgan fingerprint density at radius 3 is 2.88 bits per heavy atom. The van der Waals surface area contributed by atoms with Gasteiger partial charge in [0, 0.05) is 5.38 Å². The topological polar surface area (TPSA) is 88.2 Å². The van der Waals surface area contributed by atoms with Crippen LogP contribution in [0.2, 0.25) is 0 Å². The Balaban J connectivity index is 2.65. The second kappa shape index (κ2) is 5.93. The van der Waals surface area contributed by atoms with Gasteiger partial charge >= 0.3 is 0 Å². The molecule has 0 saturated heterocycles. The van der Waals surface area contributed by atoms with E-state index in [1.54, 1.807) is 5.38 Å². The van der Waals surface area contributed by atoms with Gasteiger partial charge in [-0.1, -0.05) is 6.92 Å². The van der Waals surface area contributed by atoms with Crippen LogP contribution in [0.25, 0.3) is 0 Å². The second-order valence-electron chi connectivity index (χ2n) is 3.62. The Bertz CT molecular complexity index is 348. The van der Waals surface area contributed by atoms with Crippen LogP contribution in [-0.4, -0.2) is 28.6 Å². The molecule has 1 heterocycles. The van der Waals surface area contributed by atoms with Gasteiger partial charge in [0.15, 0.2) is 0 Å². The first-order chi connectivity index (χ1) is 7.58. The zero-order valence-corrected chi connectivity index (χ0v) is 10.3. The van der Waals surface area contributed by atoms with Gasteiger partial charge in [-0.2, -0.15) is 0 Å². The quantitative estimate of drug-likeness (QED) is 0.709. The van der Waals surface area contributed by atoms with Crippen molar-refractivity contribution in [3.8, 4) is 0 Å². The van der Waals surface area contributed by atoms with E-state index in [4.69, 9.17) is 10.8 Å². The first-order valence-electron chi connectivity index (χ1n) is 5.21. The van der Waals surface area contributed by atoms with Crippen LogP contribution in [0, 0.1) is 0 Å². The lowest BCUT2D eigenvalue weighted by atomic mass is 10.2. The van der Waals surface area contributed by atoms with Crippen molar-refractivity contribution in [2.24, 2.45) is 5.73 Å². The van der Waals surface area contributed by atoms with Gasteiger partial charge in [0.1, 0.15) is 10.7 Å². The Hall–Kier alpha value is -0.980. The monoisotopic (exact) mass is 243 g/mol. The minimum absolute atomic E-state index is 0.0630. The molecule has 0 aliphatic carbocycles. The molecule has 1 amide bonds. The maximum absolute atomic E-state index is 11.7. The number of aliphatic hydroxyl groups is 1. The van der Waals surface area contributed by atoms with E-state index in [2.05, 4.69) is 10.3 Å². The third-order valence-corrected chi connectivity index (χ3v) is 3.24. The fourth-order valence-corrected chi connectivity index (χ4v) is 1.90. The normalized spacial score (nSPS) is 14.5. The van der Waals surface area contributed by atoms with Crippen LogP contribution in [0.1, 0.15) is 41.8 Å². The van der Waals surface area contributed by atoms with Crippen LogP contribution < -0.4 is 11.1 Å². The van der Waals surface area contributed by atoms with Crippen LogP contribution in [0.3, 0.4) is 0 Å². The van der Waals surface area contributed by atoms with Crippen LogP contribution in [0.5, 0.6) is 0 Å². The van der Waals surface area contributed by atoms with Crippen molar-refractivity contribution < 1.29 is 9.90 Å². The first-order valence-corrected chi connectivity index (χ1v) is 6.09. The van der Waals surface area contributed by atoms with Crippen LogP contribution >= 0.6 is 11.3 Å². The van der Waals surface area contributed by atoms with E-state index in [1.807, 2.05) is 13.8 Å². The van der Waals surface area contributed by atoms with Gasteiger partial charge in [-0.3, -0.25) is 4.79 Å². The maximum atomic E-state index is 11.7. The molecule has 2 atom stereocenters. The molecule has 1 aromatic rings. The zero-order chi connectivity index (χ0) is 12.1. The van der Waals surface area contributed by atoms with Gasteiger partial charge < -0.3 is 16.2 Å². The van der Waals surface area contributed by atoms with Crippen molar-refractivity contribution in [1.82, 2.24) is 10.3 Å². The van der Waals surface area contributed by atoms with Crippen molar-refractivity contribution in [2.75, 3.05) is 6.61 Å². The first kappa shape index (κ1) is 13.1. The number of aliphatic hydroxyl groups excluding tert-OH is 1. The summed E-state index contributed by atoms with van der Waals surface area (Å²) in [6.45, 7) is 3.66. The molecule has 6 heteroatoms. The average Bonchev–Trinajstić information content (AvgIpc) is 2.74. The molecular formula is C10H17N3O2S. The summed E-state index contributed by atoms with van der Waals surface area (Å²) < 4.78 is 0. The Kier molecular flexibility index (Phi) is 4.85. The van der Waals surface area contributed by atoms with Gasteiger partial charge in [-0.25, -0.2) is 4.98 Å². The second-order valence-corrected chi connectivity index (χ2v) is 4.51. The van der Waals surface area contributed by atoms with E-state index < -0.39 is 0 Å². The Morgan fingerprint density at radius 1 is 1.75 bits per heavy atom. The fourth-order valence-electron chi connectivity index (χ4n) is 1.14. The molecule has 0 aliphatic rings. The number of carbonyl (C=O) groups excluding carboxylic acids is 1. The molecule has 1 unspecified atom stereocenters. The molecule has 0 radical (unpaired) electrons. The molecule has 0 bridgehead atoms.